The lowest BCUT2D eigenvalue weighted by Gasteiger charge is -2.16. The van der Waals surface area contributed by atoms with Crippen molar-refractivity contribution in [3.8, 4) is 28.1 Å². The first-order chi connectivity index (χ1) is 18.0. The van der Waals surface area contributed by atoms with Crippen LogP contribution in [0.3, 0.4) is 0 Å². The van der Waals surface area contributed by atoms with Crippen LogP contribution in [0.4, 0.5) is 17.6 Å². The van der Waals surface area contributed by atoms with Gasteiger partial charge in [0.2, 0.25) is 0 Å². The van der Waals surface area contributed by atoms with Crippen LogP contribution in [0.25, 0.3) is 27.9 Å². The molecule has 5 nitrogen and oxygen atoms in total. The average molecular weight is 561 g/mol. The Bertz CT molecular complexity index is 1780. The van der Waals surface area contributed by atoms with Crippen LogP contribution in [0.1, 0.15) is 21.6 Å². The quantitative estimate of drug-likeness (QED) is 0.200. The molecule has 3 aromatic heterocycles. The lowest BCUT2D eigenvalue weighted by molar-refractivity contribution is -0.671. The fourth-order valence-electron chi connectivity index (χ4n) is 4.50. The van der Waals surface area contributed by atoms with Crippen LogP contribution >= 0.6 is 22.9 Å². The Kier molecular flexibility index (Phi) is 6.48. The number of nitrogens with zero attached hydrogens (tertiary/aromatic N) is 3. The highest BCUT2D eigenvalue weighted by atomic mass is 35.5. The van der Waals surface area contributed by atoms with Gasteiger partial charge in [-0.25, -0.2) is 14.2 Å². The maximum absolute atomic E-state index is 15.0. The topological polar surface area (TPSA) is 58.5 Å². The third-order valence-corrected chi connectivity index (χ3v) is 7.29. The first-order valence-electron chi connectivity index (χ1n) is 11.3. The molecule has 5 rings (SSSR count). The number of pyridine rings is 1. The molecule has 5 aromatic rings. The molecule has 194 valence electrons. The number of alkyl halides is 3. The Morgan fingerprint density at radius 2 is 1.87 bits per heavy atom. The summed E-state index contributed by atoms with van der Waals surface area (Å²) in [6.07, 6.45) is -1.66. The Hall–Kier alpha value is -3.76. The third kappa shape index (κ3) is 4.54. The van der Waals surface area contributed by atoms with E-state index in [2.05, 4.69) is 4.98 Å². The number of aryl methyl sites for hydroxylation is 2. The van der Waals surface area contributed by atoms with Gasteiger partial charge in [0.1, 0.15) is 12.4 Å². The molecule has 38 heavy (non-hydrogen) atoms. The van der Waals surface area contributed by atoms with Crippen molar-refractivity contribution in [3.63, 3.8) is 0 Å². The molecule has 11 heteroatoms. The minimum absolute atomic E-state index is 0.0598. The normalized spacial score (nSPS) is 11.9. The predicted molar refractivity (Wildman–Crippen MR) is 137 cm³/mol. The van der Waals surface area contributed by atoms with Crippen molar-refractivity contribution in [2.45, 2.75) is 26.6 Å². The lowest BCUT2D eigenvalue weighted by Crippen LogP contribution is -2.41. The second-order valence-corrected chi connectivity index (χ2v) is 10.5. The predicted octanol–water partition coefficient (Wildman–Crippen LogP) is 6.56. The smallest absolute Gasteiger partial charge is 0.417 e. The number of hydrogen-bond donors (Lipinski definition) is 1. The molecule has 0 radical (unpaired) electrons. The Morgan fingerprint density at radius 3 is 2.55 bits per heavy atom. The average Bonchev–Trinajstić information content (AvgIpc) is 3.27. The zero-order valence-corrected chi connectivity index (χ0v) is 21.5. The molecule has 0 spiro atoms. The standard InChI is InChI=1S/C27H18ClF4N3O2S/c1-14-5-7-18(20(10-14)27(30,31)32)19-11-16(6-8-21(19)29)22-24(36)34-9-3-4-15(2)23(34)35(25(22)37)13-17-12-33-26(28)38-17/h3-12H,13H2,1-2H3/p+1. The van der Waals surface area contributed by atoms with Crippen LogP contribution < -0.4 is 10.1 Å². The molecule has 1 N–H and O–H groups in total. The number of aromatic hydroxyl groups is 1. The maximum atomic E-state index is 15.0. The van der Waals surface area contributed by atoms with Crippen molar-refractivity contribution in [2.75, 3.05) is 0 Å². The molecule has 0 unspecified atom stereocenters. The lowest BCUT2D eigenvalue weighted by atomic mass is 9.94. The van der Waals surface area contributed by atoms with E-state index in [0.717, 1.165) is 18.2 Å². The van der Waals surface area contributed by atoms with E-state index >= 15 is 0 Å². The summed E-state index contributed by atoms with van der Waals surface area (Å²) in [6, 6.07) is 10.4. The Morgan fingerprint density at radius 1 is 1.11 bits per heavy atom. The largest absolute Gasteiger partial charge is 0.477 e. The second kappa shape index (κ2) is 9.52. The second-order valence-electron chi connectivity index (χ2n) is 8.80. The van der Waals surface area contributed by atoms with Gasteiger partial charge in [-0.05, 0) is 55.3 Å². The molecular formula is C27H19ClF4N3O2S+. The van der Waals surface area contributed by atoms with Crippen LogP contribution in [-0.2, 0) is 12.7 Å². The van der Waals surface area contributed by atoms with E-state index in [1.807, 2.05) is 0 Å². The summed E-state index contributed by atoms with van der Waals surface area (Å²) in [5, 5.41) is 11.4. The third-order valence-electron chi connectivity index (χ3n) is 6.19. The van der Waals surface area contributed by atoms with Gasteiger partial charge in [-0.2, -0.15) is 22.1 Å². The molecule has 0 aliphatic rings. The molecule has 0 fully saturated rings. The van der Waals surface area contributed by atoms with Gasteiger partial charge in [0.25, 0.3) is 11.5 Å². The van der Waals surface area contributed by atoms with Gasteiger partial charge in [0.15, 0.2) is 10.0 Å². The van der Waals surface area contributed by atoms with E-state index in [1.54, 1.807) is 25.3 Å². The highest BCUT2D eigenvalue weighted by Gasteiger charge is 2.35. The van der Waals surface area contributed by atoms with E-state index in [9.17, 15) is 27.5 Å². The van der Waals surface area contributed by atoms with Crippen molar-refractivity contribution in [2.24, 2.45) is 0 Å². The molecule has 0 saturated heterocycles. The SMILES string of the molecule is Cc1ccc(-c2cc(-c3c(O)[n+](Cc4cnc(Cl)s4)c4c(C)cccn4c3=O)ccc2F)c(C(F)(F)F)c1. The number of benzene rings is 2. The van der Waals surface area contributed by atoms with E-state index in [0.29, 0.717) is 26.1 Å². The molecule has 0 aliphatic carbocycles. The van der Waals surface area contributed by atoms with E-state index in [4.69, 9.17) is 11.6 Å². The van der Waals surface area contributed by atoms with Crippen molar-refractivity contribution in [3.05, 3.63) is 103 Å². The number of thiazole rings is 1. The molecule has 3 heterocycles. The van der Waals surface area contributed by atoms with Crippen molar-refractivity contribution >= 4 is 28.6 Å². The number of aromatic nitrogens is 3. The summed E-state index contributed by atoms with van der Waals surface area (Å²) in [5.74, 6) is -1.32. The van der Waals surface area contributed by atoms with Crippen molar-refractivity contribution in [1.82, 2.24) is 9.38 Å². The van der Waals surface area contributed by atoms with Gasteiger partial charge in [-0.1, -0.05) is 35.4 Å². The Labute approximate surface area is 222 Å². The molecule has 0 aliphatic heterocycles. The number of fused-ring (bicyclic) bond motifs is 1. The molecule has 0 amide bonds. The maximum Gasteiger partial charge on any atom is 0.417 e. The fourth-order valence-corrected chi connectivity index (χ4v) is 5.46. The van der Waals surface area contributed by atoms with Gasteiger partial charge in [-0.3, -0.25) is 0 Å². The molecule has 0 atom stereocenters. The van der Waals surface area contributed by atoms with Gasteiger partial charge in [-0.15, -0.1) is 11.3 Å². The summed E-state index contributed by atoms with van der Waals surface area (Å²) in [4.78, 5) is 18.3. The van der Waals surface area contributed by atoms with Crippen LogP contribution in [0.5, 0.6) is 5.88 Å². The van der Waals surface area contributed by atoms with Crippen LogP contribution in [0, 0.1) is 19.7 Å². The monoisotopic (exact) mass is 560 g/mol. The zero-order chi connectivity index (χ0) is 27.4. The highest BCUT2D eigenvalue weighted by molar-refractivity contribution is 7.15. The first kappa shape index (κ1) is 25.9. The van der Waals surface area contributed by atoms with Gasteiger partial charge in [0.05, 0.1) is 16.6 Å². The van der Waals surface area contributed by atoms with Crippen LogP contribution in [-0.4, -0.2) is 14.5 Å². The highest BCUT2D eigenvalue weighted by Crippen LogP contribution is 2.40. The fraction of sp³-hybridized carbons (Fsp3) is 0.148. The van der Waals surface area contributed by atoms with E-state index < -0.39 is 29.0 Å². The van der Waals surface area contributed by atoms with Crippen molar-refractivity contribution in [1.29, 1.82) is 0 Å². The summed E-state index contributed by atoms with van der Waals surface area (Å²) in [7, 11) is 0. The summed E-state index contributed by atoms with van der Waals surface area (Å²) >= 11 is 7.18. The molecule has 0 saturated carbocycles. The van der Waals surface area contributed by atoms with Crippen LogP contribution in [0.15, 0.2) is 65.7 Å². The summed E-state index contributed by atoms with van der Waals surface area (Å²) < 4.78 is 59.6. The first-order valence-corrected chi connectivity index (χ1v) is 12.5. The minimum Gasteiger partial charge on any atom is -0.477 e. The zero-order valence-electron chi connectivity index (χ0n) is 20.0. The van der Waals surface area contributed by atoms with Gasteiger partial charge in [0, 0.05) is 17.3 Å². The number of hydrogen-bond acceptors (Lipinski definition) is 4. The minimum atomic E-state index is -4.73. The van der Waals surface area contributed by atoms with E-state index in [1.165, 1.54) is 51.6 Å². The van der Waals surface area contributed by atoms with Crippen molar-refractivity contribution < 1.29 is 27.2 Å². The molecule has 0 bridgehead atoms. The Balaban J connectivity index is 1.79. The summed E-state index contributed by atoms with van der Waals surface area (Å²) in [5.41, 5.74) is -0.995. The summed E-state index contributed by atoms with van der Waals surface area (Å²) in [6.45, 7) is 3.40. The number of halogens is 5. The number of rotatable bonds is 4. The molecule has 2 aromatic carbocycles. The molecular weight excluding hydrogens is 542 g/mol. The van der Waals surface area contributed by atoms with E-state index in [-0.39, 0.29) is 28.8 Å². The van der Waals surface area contributed by atoms with Gasteiger partial charge >= 0.3 is 11.7 Å². The van der Waals surface area contributed by atoms with Crippen LogP contribution in [0.2, 0.25) is 4.47 Å². The van der Waals surface area contributed by atoms with Gasteiger partial charge < -0.3 is 5.11 Å².